The van der Waals surface area contributed by atoms with Gasteiger partial charge in [0.25, 0.3) is 0 Å². The van der Waals surface area contributed by atoms with Gasteiger partial charge in [0, 0.05) is 0 Å². The second-order valence-electron chi connectivity index (χ2n) is 6.73. The third-order valence-electron chi connectivity index (χ3n) is 5.33. The first-order valence-electron chi connectivity index (χ1n) is 8.10. The van der Waals surface area contributed by atoms with Gasteiger partial charge in [0.1, 0.15) is 5.54 Å². The number of hydrogen-bond donors (Lipinski definition) is 2. The van der Waals surface area contributed by atoms with E-state index in [-0.39, 0.29) is 0 Å². The summed E-state index contributed by atoms with van der Waals surface area (Å²) < 4.78 is 0. The highest BCUT2D eigenvalue weighted by Gasteiger charge is 2.31. The molecule has 0 spiro atoms. The largest absolute Gasteiger partial charge is 0.480 e. The van der Waals surface area contributed by atoms with Gasteiger partial charge >= 0.3 is 5.97 Å². The summed E-state index contributed by atoms with van der Waals surface area (Å²) in [6, 6.07) is 0. The summed E-state index contributed by atoms with van der Waals surface area (Å²) in [6.45, 7) is 9.70. The zero-order valence-electron chi connectivity index (χ0n) is 13.5. The van der Waals surface area contributed by atoms with Crippen molar-refractivity contribution in [2.75, 3.05) is 19.6 Å². The van der Waals surface area contributed by atoms with Gasteiger partial charge in [0.05, 0.1) is 0 Å². The van der Waals surface area contributed by atoms with E-state index in [4.69, 9.17) is 10.8 Å². The maximum Gasteiger partial charge on any atom is 0.323 e. The molecule has 4 nitrogen and oxygen atoms in total. The first kappa shape index (κ1) is 17.4. The first-order valence-corrected chi connectivity index (χ1v) is 8.10. The van der Waals surface area contributed by atoms with Crippen LogP contribution in [0.5, 0.6) is 0 Å². The Kier molecular flexibility index (Phi) is 6.46. The molecule has 0 aromatic heterocycles. The van der Waals surface area contributed by atoms with E-state index in [9.17, 15) is 4.79 Å². The summed E-state index contributed by atoms with van der Waals surface area (Å²) in [5.41, 5.74) is 5.25. The number of carbonyl (C=O) groups is 1. The van der Waals surface area contributed by atoms with Crippen molar-refractivity contribution in [1.82, 2.24) is 4.90 Å². The van der Waals surface area contributed by atoms with E-state index in [0.717, 1.165) is 19.4 Å². The molecule has 4 heteroatoms. The van der Waals surface area contributed by atoms with Crippen molar-refractivity contribution in [3.8, 4) is 0 Å². The Labute approximate surface area is 123 Å². The first-order chi connectivity index (χ1) is 9.35. The van der Waals surface area contributed by atoms with Gasteiger partial charge in [0.15, 0.2) is 0 Å². The number of hydrogen-bond acceptors (Lipinski definition) is 3. The highest BCUT2D eigenvalue weighted by atomic mass is 16.4. The molecule has 118 valence electrons. The summed E-state index contributed by atoms with van der Waals surface area (Å²) >= 11 is 0. The van der Waals surface area contributed by atoms with Crippen LogP contribution in [0.4, 0.5) is 0 Å². The fourth-order valence-corrected chi connectivity index (χ4v) is 3.14. The van der Waals surface area contributed by atoms with E-state index in [1.54, 1.807) is 6.92 Å². The zero-order chi connectivity index (χ0) is 15.2. The highest BCUT2D eigenvalue weighted by molar-refractivity contribution is 5.77. The third-order valence-corrected chi connectivity index (χ3v) is 5.33. The Morgan fingerprint density at radius 3 is 2.25 bits per heavy atom. The van der Waals surface area contributed by atoms with Crippen LogP contribution >= 0.6 is 0 Å². The average Bonchev–Trinajstić information content (AvgIpc) is 2.44. The molecule has 1 saturated heterocycles. The Balaban J connectivity index is 2.21. The molecule has 1 unspecified atom stereocenters. The Hall–Kier alpha value is -0.610. The van der Waals surface area contributed by atoms with Crippen LogP contribution in [0, 0.1) is 5.41 Å². The van der Waals surface area contributed by atoms with Gasteiger partial charge in [-0.15, -0.1) is 0 Å². The van der Waals surface area contributed by atoms with E-state index in [1.807, 2.05) is 0 Å². The standard InChI is InChI=1S/C16H32N2O2/c1-4-16(5-2)9-12-18(13-10-16)11-7-6-8-15(3,17)14(19)20/h4-13,17H2,1-3H3,(H,19,20). The lowest BCUT2D eigenvalue weighted by Gasteiger charge is -2.41. The topological polar surface area (TPSA) is 66.6 Å². The second-order valence-corrected chi connectivity index (χ2v) is 6.73. The maximum atomic E-state index is 10.9. The van der Waals surface area contributed by atoms with Crippen LogP contribution in [0.2, 0.25) is 0 Å². The molecule has 0 saturated carbocycles. The summed E-state index contributed by atoms with van der Waals surface area (Å²) in [6.07, 6.45) is 7.70. The van der Waals surface area contributed by atoms with Gasteiger partial charge < -0.3 is 15.7 Å². The molecule has 0 aromatic carbocycles. The SMILES string of the molecule is CCC1(CC)CCN(CCCCC(C)(N)C(=O)O)CC1. The third kappa shape index (κ3) is 4.74. The molecule has 1 rings (SSSR count). The van der Waals surface area contributed by atoms with Crippen LogP contribution in [-0.4, -0.2) is 41.1 Å². The lowest BCUT2D eigenvalue weighted by Crippen LogP contribution is -2.45. The number of nitrogens with two attached hydrogens (primary N) is 1. The molecule has 0 bridgehead atoms. The maximum absolute atomic E-state index is 10.9. The number of carboxylic acids is 1. The molecular formula is C16H32N2O2. The summed E-state index contributed by atoms with van der Waals surface area (Å²) in [7, 11) is 0. The lowest BCUT2D eigenvalue weighted by atomic mass is 9.74. The number of likely N-dealkylation sites (tertiary alicyclic amines) is 1. The lowest BCUT2D eigenvalue weighted by molar-refractivity contribution is -0.142. The van der Waals surface area contributed by atoms with Crippen molar-refractivity contribution in [3.63, 3.8) is 0 Å². The monoisotopic (exact) mass is 284 g/mol. The van der Waals surface area contributed by atoms with Crippen LogP contribution in [0.1, 0.15) is 65.7 Å². The minimum atomic E-state index is -1.07. The minimum absolute atomic E-state index is 0.560. The molecule has 1 aliphatic rings. The fraction of sp³-hybridized carbons (Fsp3) is 0.938. The van der Waals surface area contributed by atoms with Crippen molar-refractivity contribution < 1.29 is 9.90 Å². The highest BCUT2D eigenvalue weighted by Crippen LogP contribution is 2.37. The van der Waals surface area contributed by atoms with Crippen molar-refractivity contribution in [2.24, 2.45) is 11.1 Å². The van der Waals surface area contributed by atoms with E-state index < -0.39 is 11.5 Å². The molecule has 1 heterocycles. The molecule has 20 heavy (non-hydrogen) atoms. The molecule has 1 atom stereocenters. The molecule has 0 amide bonds. The van der Waals surface area contributed by atoms with E-state index >= 15 is 0 Å². The smallest absolute Gasteiger partial charge is 0.323 e. The molecule has 0 radical (unpaired) electrons. The Morgan fingerprint density at radius 1 is 1.25 bits per heavy atom. The van der Waals surface area contributed by atoms with Crippen LogP contribution < -0.4 is 5.73 Å². The summed E-state index contributed by atoms with van der Waals surface area (Å²) in [5.74, 6) is -0.897. The van der Waals surface area contributed by atoms with Crippen molar-refractivity contribution in [3.05, 3.63) is 0 Å². The molecule has 0 aliphatic carbocycles. The van der Waals surface area contributed by atoms with E-state index in [0.29, 0.717) is 11.8 Å². The van der Waals surface area contributed by atoms with Gasteiger partial charge in [0.2, 0.25) is 0 Å². The number of carboxylic acid groups (broad SMARTS) is 1. The Bertz CT molecular complexity index is 302. The minimum Gasteiger partial charge on any atom is -0.480 e. The molecular weight excluding hydrogens is 252 g/mol. The zero-order valence-corrected chi connectivity index (χ0v) is 13.5. The number of nitrogens with zero attached hydrogens (tertiary/aromatic N) is 1. The summed E-state index contributed by atoms with van der Waals surface area (Å²) in [4.78, 5) is 13.4. The number of piperidine rings is 1. The normalized spacial score (nSPS) is 22.4. The van der Waals surface area contributed by atoms with Crippen LogP contribution in [-0.2, 0) is 4.79 Å². The molecule has 1 aliphatic heterocycles. The van der Waals surface area contributed by atoms with Crippen LogP contribution in [0.15, 0.2) is 0 Å². The molecule has 3 N–H and O–H groups in total. The van der Waals surface area contributed by atoms with Gasteiger partial charge in [-0.2, -0.15) is 0 Å². The molecule has 0 aromatic rings. The fourth-order valence-electron chi connectivity index (χ4n) is 3.14. The van der Waals surface area contributed by atoms with E-state index in [2.05, 4.69) is 18.7 Å². The number of aliphatic carboxylic acids is 1. The van der Waals surface area contributed by atoms with Gasteiger partial charge in [-0.25, -0.2) is 0 Å². The van der Waals surface area contributed by atoms with Gasteiger partial charge in [-0.3, -0.25) is 4.79 Å². The van der Waals surface area contributed by atoms with Crippen molar-refractivity contribution in [2.45, 2.75) is 71.3 Å². The number of unbranched alkanes of at least 4 members (excludes halogenated alkanes) is 1. The van der Waals surface area contributed by atoms with Crippen molar-refractivity contribution in [1.29, 1.82) is 0 Å². The molecule has 1 fully saturated rings. The Morgan fingerprint density at radius 2 is 1.80 bits per heavy atom. The predicted molar refractivity (Wildman–Crippen MR) is 82.8 cm³/mol. The van der Waals surface area contributed by atoms with Gasteiger partial charge in [-0.05, 0) is 64.1 Å². The van der Waals surface area contributed by atoms with E-state index in [1.165, 1.54) is 38.8 Å². The van der Waals surface area contributed by atoms with Gasteiger partial charge in [-0.1, -0.05) is 26.7 Å². The van der Waals surface area contributed by atoms with Crippen LogP contribution in [0.3, 0.4) is 0 Å². The van der Waals surface area contributed by atoms with Crippen molar-refractivity contribution >= 4 is 5.97 Å². The average molecular weight is 284 g/mol. The summed E-state index contributed by atoms with van der Waals surface area (Å²) in [5, 5.41) is 8.97. The predicted octanol–water partition coefficient (Wildman–Crippen LogP) is 2.86. The van der Waals surface area contributed by atoms with Crippen LogP contribution in [0.25, 0.3) is 0 Å². The quantitative estimate of drug-likeness (QED) is 0.673. The second kappa shape index (κ2) is 7.41. The number of rotatable bonds is 8.